The van der Waals surface area contributed by atoms with E-state index in [0.717, 1.165) is 18.2 Å². The average Bonchev–Trinajstić information content (AvgIpc) is 3.00. The molecule has 20 nitrogen and oxygen atoms in total. The third kappa shape index (κ3) is 7.63. The van der Waals surface area contributed by atoms with Gasteiger partial charge >= 0.3 is 6.01 Å². The zero-order chi connectivity index (χ0) is 35.9. The first-order chi connectivity index (χ1) is 22.9. The van der Waals surface area contributed by atoms with E-state index in [1.807, 2.05) is 0 Å². The molecule has 4 aromatic carbocycles. The highest BCUT2D eigenvalue weighted by Gasteiger charge is 2.27. The molecule has 0 saturated heterocycles. The van der Waals surface area contributed by atoms with Crippen LogP contribution in [0.5, 0.6) is 11.8 Å². The van der Waals surface area contributed by atoms with Gasteiger partial charge in [-0.25, -0.2) is 0 Å². The lowest BCUT2D eigenvalue weighted by atomic mass is 10.1. The highest BCUT2D eigenvalue weighted by atomic mass is 32.2. The summed E-state index contributed by atoms with van der Waals surface area (Å²) < 4.78 is 104. The third-order valence-corrected chi connectivity index (χ3v) is 9.29. The second kappa shape index (κ2) is 13.1. The molecular weight excluding hydrogens is 715 g/mol. The predicted octanol–water partition coefficient (Wildman–Crippen LogP) is 2.25. The molecule has 5 aromatic rings. The Morgan fingerprint density at radius 1 is 0.776 bits per heavy atom. The molecule has 0 bridgehead atoms. The summed E-state index contributed by atoms with van der Waals surface area (Å²) >= 11 is 0. The summed E-state index contributed by atoms with van der Waals surface area (Å²) in [5.74, 6) is -1.97. The van der Waals surface area contributed by atoms with Crippen molar-refractivity contribution < 1.29 is 59.3 Å². The molecule has 1 atom stereocenters. The van der Waals surface area contributed by atoms with Crippen LogP contribution in [0.15, 0.2) is 79.5 Å². The number of nitrogens with one attached hydrogen (secondary N) is 2. The molecule has 49 heavy (non-hydrogen) atoms. The van der Waals surface area contributed by atoms with Crippen molar-refractivity contribution in [3.05, 3.63) is 54.6 Å². The zero-order valence-electron chi connectivity index (χ0n) is 24.2. The highest BCUT2D eigenvalue weighted by Crippen LogP contribution is 2.46. The van der Waals surface area contributed by atoms with Crippen LogP contribution in [0.4, 0.5) is 29.0 Å². The van der Waals surface area contributed by atoms with Crippen LogP contribution < -0.4 is 10.6 Å². The number of phenols is 1. The molecule has 1 heterocycles. The van der Waals surface area contributed by atoms with Gasteiger partial charge in [0.1, 0.15) is 21.2 Å². The fourth-order valence-electron chi connectivity index (χ4n) is 4.58. The van der Waals surface area contributed by atoms with Gasteiger partial charge in [-0.1, -0.05) is 30.3 Å². The van der Waals surface area contributed by atoms with Crippen molar-refractivity contribution in [1.29, 1.82) is 0 Å². The van der Waals surface area contributed by atoms with Crippen LogP contribution in [0.3, 0.4) is 0 Å². The first-order valence-corrected chi connectivity index (χ1v) is 17.6. The summed E-state index contributed by atoms with van der Waals surface area (Å²) in [6, 6.07) is 9.77. The van der Waals surface area contributed by atoms with Crippen molar-refractivity contribution in [2.24, 2.45) is 10.2 Å². The molecule has 1 unspecified atom stereocenters. The molecule has 0 saturated carbocycles. The number of rotatable bonds is 11. The number of aliphatic hydroxyl groups is 2. The minimum Gasteiger partial charge on any atom is -0.505 e. The number of phenolic OH excluding ortho intramolecular Hbond substituents is 1. The molecule has 0 aliphatic heterocycles. The first kappa shape index (κ1) is 35.2. The zero-order valence-corrected chi connectivity index (χ0v) is 26.7. The van der Waals surface area contributed by atoms with E-state index in [9.17, 15) is 54.2 Å². The Kier molecular flexibility index (Phi) is 9.37. The third-order valence-electron chi connectivity index (χ3n) is 6.65. The molecule has 0 spiro atoms. The van der Waals surface area contributed by atoms with Crippen LogP contribution in [0.25, 0.3) is 21.5 Å². The number of aromatic nitrogens is 3. The maximum atomic E-state index is 12.5. The van der Waals surface area contributed by atoms with E-state index in [0.29, 0.717) is 11.5 Å². The molecule has 23 heteroatoms. The van der Waals surface area contributed by atoms with Crippen molar-refractivity contribution >= 4 is 80.9 Å². The van der Waals surface area contributed by atoms with E-state index in [1.54, 1.807) is 6.07 Å². The van der Waals surface area contributed by atoms with Gasteiger partial charge < -0.3 is 31.1 Å². The summed E-state index contributed by atoms with van der Waals surface area (Å²) in [5, 5.41) is 52.0. The van der Waals surface area contributed by atoms with E-state index in [-0.39, 0.29) is 17.9 Å². The summed E-state index contributed by atoms with van der Waals surface area (Å²) in [5.41, 5.74) is -1.95. The summed E-state index contributed by atoms with van der Waals surface area (Å²) in [4.78, 5) is 8.45. The minimum absolute atomic E-state index is 0.0174. The summed E-state index contributed by atoms with van der Waals surface area (Å²) in [6.07, 6.45) is -1.25. The lowest BCUT2D eigenvalue weighted by molar-refractivity contribution is 0.105. The Balaban J connectivity index is 1.75. The largest absolute Gasteiger partial charge is 0.505 e. The number of fused-ring (bicyclic) bond motifs is 2. The predicted molar refractivity (Wildman–Crippen MR) is 170 cm³/mol. The fraction of sp³-hybridized carbons (Fsp3) is 0.115. The molecule has 0 aliphatic carbocycles. The number of aromatic hydroxyl groups is 2. The number of aliphatic hydroxyl groups excluding tert-OH is 2. The van der Waals surface area contributed by atoms with Crippen molar-refractivity contribution in [2.75, 3.05) is 23.8 Å². The minimum atomic E-state index is -5.30. The van der Waals surface area contributed by atoms with Crippen LogP contribution in [-0.2, 0) is 30.4 Å². The topological polar surface area (TPSA) is 331 Å². The maximum Gasteiger partial charge on any atom is 0.320 e. The van der Waals surface area contributed by atoms with Crippen LogP contribution in [0.2, 0.25) is 0 Å². The number of azo groups is 1. The summed E-state index contributed by atoms with van der Waals surface area (Å²) in [6.45, 7) is -0.920. The van der Waals surface area contributed by atoms with Crippen LogP contribution >= 0.6 is 0 Å². The normalized spacial score (nSPS) is 13.2. The molecule has 0 amide bonds. The van der Waals surface area contributed by atoms with Crippen LogP contribution in [0.1, 0.15) is 0 Å². The highest BCUT2D eigenvalue weighted by molar-refractivity contribution is 7.86. The molecular formula is C26H23N7O13S3. The Bertz CT molecular complexity index is 2500. The van der Waals surface area contributed by atoms with E-state index in [1.165, 1.54) is 24.3 Å². The summed E-state index contributed by atoms with van der Waals surface area (Å²) in [7, 11) is -15.3. The van der Waals surface area contributed by atoms with Gasteiger partial charge in [0.15, 0.2) is 5.75 Å². The Morgan fingerprint density at radius 2 is 1.47 bits per heavy atom. The Hall–Kier alpha value is -5.14. The Labute approximate surface area is 275 Å². The van der Waals surface area contributed by atoms with Crippen molar-refractivity contribution in [2.45, 2.75) is 20.8 Å². The molecule has 1 aromatic heterocycles. The van der Waals surface area contributed by atoms with E-state index < -0.39 is 103 Å². The second-order valence-electron chi connectivity index (χ2n) is 10.0. The van der Waals surface area contributed by atoms with Gasteiger partial charge in [-0.05, 0) is 35.0 Å². The smallest absolute Gasteiger partial charge is 0.320 e. The molecule has 9 N–H and O–H groups in total. The van der Waals surface area contributed by atoms with Gasteiger partial charge in [0.2, 0.25) is 11.9 Å². The van der Waals surface area contributed by atoms with Gasteiger partial charge in [0.05, 0.1) is 23.3 Å². The molecule has 0 aliphatic rings. The van der Waals surface area contributed by atoms with Gasteiger partial charge in [-0.15, -0.1) is 10.2 Å². The number of hydrogen-bond acceptors (Lipinski definition) is 17. The number of benzene rings is 4. The molecule has 0 radical (unpaired) electrons. The van der Waals surface area contributed by atoms with Crippen molar-refractivity contribution in [3.8, 4) is 11.8 Å². The average molecular weight is 738 g/mol. The molecule has 258 valence electrons. The SMILES string of the molecule is O=S(=O)(O)c1cc(Nc2nc(O)nc(NCC(O)CO)n2)c2c(O)c(/N=N/c3ccc4ccccc4c3S(=O)(=O)O)c(S(=O)(=O)O)cc2c1. The first-order valence-electron chi connectivity index (χ1n) is 13.3. The van der Waals surface area contributed by atoms with Gasteiger partial charge in [0.25, 0.3) is 30.4 Å². The van der Waals surface area contributed by atoms with Gasteiger partial charge in [0, 0.05) is 17.3 Å². The Morgan fingerprint density at radius 3 is 2.12 bits per heavy atom. The molecule has 5 rings (SSSR count). The molecule has 0 fully saturated rings. The maximum absolute atomic E-state index is 12.5. The number of anilines is 3. The fourth-order valence-corrected chi connectivity index (χ4v) is 6.62. The van der Waals surface area contributed by atoms with E-state index >= 15 is 0 Å². The lowest BCUT2D eigenvalue weighted by Gasteiger charge is -2.15. The van der Waals surface area contributed by atoms with Crippen molar-refractivity contribution in [1.82, 2.24) is 15.0 Å². The van der Waals surface area contributed by atoms with Gasteiger partial charge in [-0.2, -0.15) is 40.2 Å². The second-order valence-corrected chi connectivity index (χ2v) is 14.2. The quantitative estimate of drug-likeness (QED) is 0.0693. The van der Waals surface area contributed by atoms with E-state index in [2.05, 4.69) is 35.8 Å². The van der Waals surface area contributed by atoms with Crippen molar-refractivity contribution in [3.63, 3.8) is 0 Å². The standard InChI is InChI=1S/C26H23N7O13S3/c34-11-14(35)10-27-24-29-25(31-26(37)30-24)28-18-9-15(47(38,39)40)7-13-8-19(48(41,42)43)21(22(36)20(13)18)33-32-17-6-5-12-3-1-2-4-16(12)23(17)49(44,45)46/h1-9,14,34-36H,10-11H2,(H,38,39,40)(H,41,42,43)(H,44,45,46)(H3,27,28,29,30,31,37)/b33-32+. The lowest BCUT2D eigenvalue weighted by Crippen LogP contribution is -2.24. The number of hydrogen-bond donors (Lipinski definition) is 9. The van der Waals surface area contributed by atoms with E-state index in [4.69, 9.17) is 5.11 Å². The van der Waals surface area contributed by atoms with Crippen LogP contribution in [-0.4, -0.2) is 93.5 Å². The monoisotopic (exact) mass is 737 g/mol. The van der Waals surface area contributed by atoms with Crippen LogP contribution in [0, 0.1) is 0 Å². The number of nitrogens with zero attached hydrogens (tertiary/aromatic N) is 5. The van der Waals surface area contributed by atoms with Gasteiger partial charge in [-0.3, -0.25) is 13.7 Å².